The van der Waals surface area contributed by atoms with Crippen LogP contribution in [0.1, 0.15) is 24.8 Å². The Kier molecular flexibility index (Phi) is 4.61. The number of carbonyl (C=O) groups excluding carboxylic acids is 1. The average molecular weight is 259 g/mol. The van der Waals surface area contributed by atoms with Gasteiger partial charge in [-0.1, -0.05) is 18.7 Å². The molecule has 2 rings (SSSR count). The molecule has 0 N–H and O–H groups in total. The Morgan fingerprint density at radius 3 is 2.79 bits per heavy atom. The zero-order valence-electron chi connectivity index (χ0n) is 11.5. The van der Waals surface area contributed by atoms with Crippen LogP contribution in [0.4, 0.5) is 0 Å². The summed E-state index contributed by atoms with van der Waals surface area (Å²) in [4.78, 5) is 13.8. The van der Waals surface area contributed by atoms with Gasteiger partial charge in [0.2, 0.25) is 5.91 Å². The highest BCUT2D eigenvalue weighted by atomic mass is 16.5. The van der Waals surface area contributed by atoms with Crippen molar-refractivity contribution in [3.63, 3.8) is 0 Å². The normalized spacial score (nSPS) is 19.0. The third-order valence-corrected chi connectivity index (χ3v) is 3.72. The van der Waals surface area contributed by atoms with Crippen LogP contribution in [0.25, 0.3) is 0 Å². The Morgan fingerprint density at radius 2 is 2.16 bits per heavy atom. The molecule has 0 radical (unpaired) electrons. The molecule has 0 aliphatic carbocycles. The van der Waals surface area contributed by atoms with Crippen molar-refractivity contribution >= 4 is 5.91 Å². The first-order valence-electron chi connectivity index (χ1n) is 6.80. The molecule has 102 valence electrons. The number of carbonyl (C=O) groups is 1. The predicted octanol–water partition coefficient (Wildman–Crippen LogP) is 2.80. The number of likely N-dealkylation sites (tertiary alicyclic amines) is 1. The van der Waals surface area contributed by atoms with Crippen LogP contribution in [0.5, 0.6) is 5.75 Å². The van der Waals surface area contributed by atoms with E-state index in [1.165, 1.54) is 18.1 Å². The molecule has 1 saturated heterocycles. The van der Waals surface area contributed by atoms with Crippen LogP contribution in [0.15, 0.2) is 36.9 Å². The SMILES string of the molecule is C=CC(=O)N1CCCCC1Cc1ccc(OC)cc1. The number of methoxy groups -OCH3 is 1. The van der Waals surface area contributed by atoms with E-state index in [-0.39, 0.29) is 5.91 Å². The molecule has 1 unspecified atom stereocenters. The van der Waals surface area contributed by atoms with E-state index >= 15 is 0 Å². The van der Waals surface area contributed by atoms with Gasteiger partial charge in [0.05, 0.1) is 7.11 Å². The van der Waals surface area contributed by atoms with E-state index in [0.717, 1.165) is 31.6 Å². The van der Waals surface area contributed by atoms with Gasteiger partial charge in [-0.3, -0.25) is 4.79 Å². The molecule has 1 atom stereocenters. The maximum atomic E-state index is 11.9. The Bertz CT molecular complexity index is 439. The van der Waals surface area contributed by atoms with E-state index in [9.17, 15) is 4.79 Å². The molecule has 3 nitrogen and oxygen atoms in total. The molecule has 0 saturated carbocycles. The predicted molar refractivity (Wildman–Crippen MR) is 76.2 cm³/mol. The summed E-state index contributed by atoms with van der Waals surface area (Å²) in [5, 5.41) is 0. The monoisotopic (exact) mass is 259 g/mol. The van der Waals surface area contributed by atoms with Crippen molar-refractivity contribution in [2.45, 2.75) is 31.7 Å². The van der Waals surface area contributed by atoms with Gasteiger partial charge in [0.1, 0.15) is 5.75 Å². The smallest absolute Gasteiger partial charge is 0.246 e. The first-order chi connectivity index (χ1) is 9.24. The van der Waals surface area contributed by atoms with Crippen LogP contribution in [-0.2, 0) is 11.2 Å². The summed E-state index contributed by atoms with van der Waals surface area (Å²) >= 11 is 0. The largest absolute Gasteiger partial charge is 0.497 e. The van der Waals surface area contributed by atoms with Crippen molar-refractivity contribution in [3.8, 4) is 5.75 Å². The fourth-order valence-corrected chi connectivity index (χ4v) is 2.65. The second kappa shape index (κ2) is 6.41. The number of benzene rings is 1. The molecule has 1 amide bonds. The number of nitrogens with zero attached hydrogens (tertiary/aromatic N) is 1. The minimum Gasteiger partial charge on any atom is -0.497 e. The lowest BCUT2D eigenvalue weighted by Crippen LogP contribution is -2.44. The molecule has 0 spiro atoms. The number of piperidine rings is 1. The van der Waals surface area contributed by atoms with E-state index in [1.807, 2.05) is 17.0 Å². The molecule has 3 heteroatoms. The van der Waals surface area contributed by atoms with Gasteiger partial charge in [-0.25, -0.2) is 0 Å². The molecule has 1 aliphatic rings. The summed E-state index contributed by atoms with van der Waals surface area (Å²) in [6.07, 6.45) is 5.70. The lowest BCUT2D eigenvalue weighted by atomic mass is 9.95. The Morgan fingerprint density at radius 1 is 1.42 bits per heavy atom. The second-order valence-corrected chi connectivity index (χ2v) is 4.94. The summed E-state index contributed by atoms with van der Waals surface area (Å²) in [6, 6.07) is 8.39. The summed E-state index contributed by atoms with van der Waals surface area (Å²) < 4.78 is 5.16. The standard InChI is InChI=1S/C16H21NO2/c1-3-16(18)17-11-5-4-6-14(17)12-13-7-9-15(19-2)10-8-13/h3,7-10,14H,1,4-6,11-12H2,2H3. The molecular formula is C16H21NO2. The van der Waals surface area contributed by atoms with Crippen molar-refractivity contribution in [2.24, 2.45) is 0 Å². The van der Waals surface area contributed by atoms with Crippen LogP contribution >= 0.6 is 0 Å². The summed E-state index contributed by atoms with van der Waals surface area (Å²) in [7, 11) is 1.67. The van der Waals surface area contributed by atoms with Crippen molar-refractivity contribution < 1.29 is 9.53 Å². The van der Waals surface area contributed by atoms with Gasteiger partial charge in [0.15, 0.2) is 0 Å². The quantitative estimate of drug-likeness (QED) is 0.778. The fraction of sp³-hybridized carbons (Fsp3) is 0.438. The molecule has 19 heavy (non-hydrogen) atoms. The number of hydrogen-bond acceptors (Lipinski definition) is 2. The van der Waals surface area contributed by atoms with Crippen LogP contribution in [0.3, 0.4) is 0 Å². The third kappa shape index (κ3) is 3.37. The van der Waals surface area contributed by atoms with Gasteiger partial charge in [0, 0.05) is 12.6 Å². The number of ether oxygens (including phenoxy) is 1. The van der Waals surface area contributed by atoms with Crippen molar-refractivity contribution in [2.75, 3.05) is 13.7 Å². The minimum atomic E-state index is 0.0539. The van der Waals surface area contributed by atoms with Crippen LogP contribution in [0, 0.1) is 0 Å². The first kappa shape index (κ1) is 13.7. The minimum absolute atomic E-state index is 0.0539. The van der Waals surface area contributed by atoms with Crippen molar-refractivity contribution in [1.82, 2.24) is 4.90 Å². The number of hydrogen-bond donors (Lipinski definition) is 0. The van der Waals surface area contributed by atoms with Gasteiger partial charge >= 0.3 is 0 Å². The Hall–Kier alpha value is -1.77. The Labute approximate surface area is 114 Å². The first-order valence-corrected chi connectivity index (χ1v) is 6.80. The lowest BCUT2D eigenvalue weighted by Gasteiger charge is -2.35. The van der Waals surface area contributed by atoms with Crippen LogP contribution < -0.4 is 4.74 Å². The number of rotatable bonds is 4. The highest BCUT2D eigenvalue weighted by Gasteiger charge is 2.25. The molecular weight excluding hydrogens is 238 g/mol. The average Bonchev–Trinajstić information content (AvgIpc) is 2.48. The molecule has 1 aromatic carbocycles. The van der Waals surface area contributed by atoms with Crippen LogP contribution in [0.2, 0.25) is 0 Å². The van der Waals surface area contributed by atoms with E-state index in [2.05, 4.69) is 18.7 Å². The summed E-state index contributed by atoms with van der Waals surface area (Å²) in [5.41, 5.74) is 1.24. The van der Waals surface area contributed by atoms with Gasteiger partial charge in [-0.2, -0.15) is 0 Å². The van der Waals surface area contributed by atoms with E-state index in [0.29, 0.717) is 6.04 Å². The molecule has 1 fully saturated rings. The van der Waals surface area contributed by atoms with Gasteiger partial charge in [-0.15, -0.1) is 0 Å². The molecule has 1 aromatic rings. The van der Waals surface area contributed by atoms with E-state index in [4.69, 9.17) is 4.74 Å². The maximum Gasteiger partial charge on any atom is 0.246 e. The molecule has 1 heterocycles. The fourth-order valence-electron chi connectivity index (χ4n) is 2.65. The van der Waals surface area contributed by atoms with Gasteiger partial charge in [0.25, 0.3) is 0 Å². The third-order valence-electron chi connectivity index (χ3n) is 3.72. The number of amides is 1. The van der Waals surface area contributed by atoms with Crippen molar-refractivity contribution in [1.29, 1.82) is 0 Å². The van der Waals surface area contributed by atoms with Crippen LogP contribution in [-0.4, -0.2) is 30.5 Å². The molecule has 1 aliphatic heterocycles. The summed E-state index contributed by atoms with van der Waals surface area (Å²) in [6.45, 7) is 4.45. The molecule has 0 bridgehead atoms. The molecule has 0 aromatic heterocycles. The topological polar surface area (TPSA) is 29.5 Å². The van der Waals surface area contributed by atoms with Gasteiger partial charge in [-0.05, 0) is 49.5 Å². The van der Waals surface area contributed by atoms with Crippen molar-refractivity contribution in [3.05, 3.63) is 42.5 Å². The second-order valence-electron chi connectivity index (χ2n) is 4.94. The highest BCUT2D eigenvalue weighted by molar-refractivity contribution is 5.87. The maximum absolute atomic E-state index is 11.9. The zero-order valence-corrected chi connectivity index (χ0v) is 11.5. The lowest BCUT2D eigenvalue weighted by molar-refractivity contribution is -0.129. The Balaban J connectivity index is 2.05. The van der Waals surface area contributed by atoms with E-state index in [1.54, 1.807) is 7.11 Å². The highest BCUT2D eigenvalue weighted by Crippen LogP contribution is 2.22. The summed E-state index contributed by atoms with van der Waals surface area (Å²) in [5.74, 6) is 0.921. The zero-order chi connectivity index (χ0) is 13.7. The van der Waals surface area contributed by atoms with E-state index < -0.39 is 0 Å². The van der Waals surface area contributed by atoms with Gasteiger partial charge < -0.3 is 9.64 Å².